The van der Waals surface area contributed by atoms with E-state index in [9.17, 15) is 8.78 Å². The van der Waals surface area contributed by atoms with E-state index in [2.05, 4.69) is 15.0 Å². The molecule has 1 fully saturated rings. The average Bonchev–Trinajstić information content (AvgIpc) is 3.36. The zero-order valence-corrected chi connectivity index (χ0v) is 21.0. The molecular weight excluding hydrogens is 505 g/mol. The van der Waals surface area contributed by atoms with Gasteiger partial charge in [-0.05, 0) is 72.8 Å². The van der Waals surface area contributed by atoms with Crippen LogP contribution in [0.5, 0.6) is 0 Å². The molecule has 0 spiro atoms. The molecule has 186 valence electrons. The van der Waals surface area contributed by atoms with Gasteiger partial charge in [0.2, 0.25) is 0 Å². The molecule has 0 unspecified atom stereocenters. The number of hydrogen-bond donors (Lipinski definition) is 2. The first kappa shape index (κ1) is 24.6. The van der Waals surface area contributed by atoms with Crippen LogP contribution in [0.2, 0.25) is 0 Å². The number of aromatic nitrogens is 2. The Bertz CT molecular complexity index is 1380. The number of anilines is 2. The van der Waals surface area contributed by atoms with Gasteiger partial charge < -0.3 is 14.8 Å². The summed E-state index contributed by atoms with van der Waals surface area (Å²) in [5.74, 6) is -0.733. The van der Waals surface area contributed by atoms with Gasteiger partial charge in [-0.3, -0.25) is 0 Å². The van der Waals surface area contributed by atoms with Crippen LogP contribution < -0.4 is 10.0 Å². The molecule has 5 rings (SSSR count). The van der Waals surface area contributed by atoms with Crippen molar-refractivity contribution >= 4 is 34.8 Å². The van der Waals surface area contributed by atoms with Crippen LogP contribution in [0.3, 0.4) is 0 Å². The molecule has 1 aliphatic rings. The van der Waals surface area contributed by atoms with Crippen molar-refractivity contribution in [2.24, 2.45) is 0 Å². The molecule has 2 aromatic carbocycles. The molecule has 3 heterocycles. The maximum absolute atomic E-state index is 15.8. The molecule has 36 heavy (non-hydrogen) atoms. The second-order valence-electron chi connectivity index (χ2n) is 8.24. The first-order valence-electron chi connectivity index (χ1n) is 11.4. The lowest BCUT2D eigenvalue weighted by Crippen LogP contribution is -2.13. The van der Waals surface area contributed by atoms with Gasteiger partial charge in [-0.25, -0.2) is 23.1 Å². The van der Waals surface area contributed by atoms with Gasteiger partial charge in [0.25, 0.3) is 0 Å². The minimum absolute atomic E-state index is 0.0346. The highest BCUT2D eigenvalue weighted by Crippen LogP contribution is 2.43. The van der Waals surface area contributed by atoms with E-state index in [-0.39, 0.29) is 16.5 Å². The predicted molar refractivity (Wildman–Crippen MR) is 139 cm³/mol. The van der Waals surface area contributed by atoms with Gasteiger partial charge in [-0.15, -0.1) is 11.3 Å². The van der Waals surface area contributed by atoms with Crippen LogP contribution in [0.25, 0.3) is 21.7 Å². The quantitative estimate of drug-likeness (QED) is 0.245. The number of pyridine rings is 1. The Morgan fingerprint density at radius 3 is 2.69 bits per heavy atom. The molecule has 0 bridgehead atoms. The number of hydrogen-bond acceptors (Lipinski definition) is 7. The molecule has 1 saturated heterocycles. The van der Waals surface area contributed by atoms with Crippen molar-refractivity contribution in [2.75, 3.05) is 30.3 Å². The Morgan fingerprint density at radius 1 is 1.06 bits per heavy atom. The van der Waals surface area contributed by atoms with Gasteiger partial charge in [0.15, 0.2) is 5.82 Å². The highest BCUT2D eigenvalue weighted by atomic mass is 32.2. The maximum Gasteiger partial charge on any atom is 0.156 e. The molecule has 1 aliphatic heterocycles. The monoisotopic (exact) mass is 528 g/mol. The van der Waals surface area contributed by atoms with Gasteiger partial charge >= 0.3 is 0 Å². The van der Waals surface area contributed by atoms with Crippen molar-refractivity contribution < 1.29 is 17.9 Å². The third-order valence-corrected chi connectivity index (χ3v) is 8.03. The highest BCUT2D eigenvalue weighted by Gasteiger charge is 2.25. The topological polar surface area (TPSA) is 59.1 Å². The molecule has 2 N–H and O–H groups in total. The Labute approximate surface area is 215 Å². The molecule has 0 saturated carbocycles. The van der Waals surface area contributed by atoms with E-state index in [4.69, 9.17) is 9.72 Å². The molecule has 0 atom stereocenters. The van der Waals surface area contributed by atoms with E-state index in [1.807, 2.05) is 12.1 Å². The van der Waals surface area contributed by atoms with Gasteiger partial charge in [0, 0.05) is 37.9 Å². The van der Waals surface area contributed by atoms with Gasteiger partial charge in [-0.1, -0.05) is 6.07 Å². The standard InChI is InChI=1S/C26H23F3N4OS2/c1-30-22-13-16(7-10-31-22)25-24(32-26(35-25)15-8-11-34-12-9-15)18-3-2-4-20(23(18)29)33-36-21-14-17(27)5-6-19(21)28/h2-7,10,13-15,33H,8-9,11-12H2,1H3,(H,30,31). The number of nitrogens with one attached hydrogen (secondary N) is 2. The molecule has 0 radical (unpaired) electrons. The summed E-state index contributed by atoms with van der Waals surface area (Å²) in [6, 6.07) is 11.9. The van der Waals surface area contributed by atoms with Crippen LogP contribution in [0, 0.1) is 17.5 Å². The predicted octanol–water partition coefficient (Wildman–Crippen LogP) is 7.34. The summed E-state index contributed by atoms with van der Waals surface area (Å²) in [4.78, 5) is 10.1. The first-order valence-corrected chi connectivity index (χ1v) is 13.1. The number of thiazole rings is 1. The molecular formula is C26H23F3N4OS2. The van der Waals surface area contributed by atoms with Crippen molar-refractivity contribution in [2.45, 2.75) is 23.7 Å². The van der Waals surface area contributed by atoms with E-state index >= 15 is 4.39 Å². The summed E-state index contributed by atoms with van der Waals surface area (Å²) in [6.07, 6.45) is 3.44. The first-order chi connectivity index (χ1) is 17.5. The fourth-order valence-corrected chi connectivity index (χ4v) is 5.96. The van der Waals surface area contributed by atoms with Crippen molar-refractivity contribution in [1.82, 2.24) is 9.97 Å². The number of ether oxygens (including phenoxy) is 1. The number of nitrogens with zero attached hydrogens (tertiary/aromatic N) is 2. The average molecular weight is 529 g/mol. The molecule has 0 aliphatic carbocycles. The van der Waals surface area contributed by atoms with E-state index in [0.29, 0.717) is 30.3 Å². The van der Waals surface area contributed by atoms with Crippen molar-refractivity contribution in [3.05, 3.63) is 77.2 Å². The number of halogens is 3. The summed E-state index contributed by atoms with van der Waals surface area (Å²) in [6.45, 7) is 1.35. The second-order valence-corrected chi connectivity index (χ2v) is 10.1. The number of rotatable bonds is 7. The van der Waals surface area contributed by atoms with Gasteiger partial charge in [0.05, 0.1) is 26.2 Å². The SMILES string of the molecule is CNc1cc(-c2sc(C3CCOCC3)nc2-c2cccc(NSc3cc(F)ccc3F)c2F)ccn1. The smallest absolute Gasteiger partial charge is 0.156 e. The lowest BCUT2D eigenvalue weighted by molar-refractivity contribution is 0.0853. The van der Waals surface area contributed by atoms with Crippen LogP contribution >= 0.6 is 23.3 Å². The third kappa shape index (κ3) is 5.21. The van der Waals surface area contributed by atoms with Gasteiger partial charge in [0.1, 0.15) is 17.5 Å². The van der Waals surface area contributed by atoms with E-state index in [1.54, 1.807) is 42.8 Å². The van der Waals surface area contributed by atoms with Crippen LogP contribution in [-0.4, -0.2) is 30.2 Å². The lowest BCUT2D eigenvalue weighted by atomic mass is 10.0. The van der Waals surface area contributed by atoms with E-state index in [1.165, 1.54) is 0 Å². The minimum atomic E-state index is -0.591. The largest absolute Gasteiger partial charge is 0.381 e. The second kappa shape index (κ2) is 10.9. The Morgan fingerprint density at radius 2 is 1.89 bits per heavy atom. The Hall–Kier alpha value is -3.08. The van der Waals surface area contributed by atoms with E-state index in [0.717, 1.165) is 58.4 Å². The van der Waals surface area contributed by atoms with Crippen molar-refractivity contribution in [1.29, 1.82) is 0 Å². The lowest BCUT2D eigenvalue weighted by Gasteiger charge is -2.19. The molecule has 2 aromatic heterocycles. The van der Waals surface area contributed by atoms with Crippen LogP contribution in [0.15, 0.2) is 59.6 Å². The third-order valence-electron chi connectivity index (χ3n) is 5.91. The molecule has 4 aromatic rings. The molecule has 0 amide bonds. The Kier molecular flexibility index (Phi) is 7.45. The van der Waals surface area contributed by atoms with Crippen molar-refractivity contribution in [3.8, 4) is 21.7 Å². The normalized spacial score (nSPS) is 14.1. The molecule has 5 nitrogen and oxygen atoms in total. The van der Waals surface area contributed by atoms with Crippen LogP contribution in [0.1, 0.15) is 23.8 Å². The number of benzene rings is 2. The van der Waals surface area contributed by atoms with Crippen molar-refractivity contribution in [3.63, 3.8) is 0 Å². The minimum Gasteiger partial charge on any atom is -0.381 e. The van der Waals surface area contributed by atoms with Gasteiger partial charge in [-0.2, -0.15) is 0 Å². The summed E-state index contributed by atoms with van der Waals surface area (Å²) in [5.41, 5.74) is 1.90. The van der Waals surface area contributed by atoms with E-state index < -0.39 is 17.5 Å². The fraction of sp³-hybridized carbons (Fsp3) is 0.231. The summed E-state index contributed by atoms with van der Waals surface area (Å²) >= 11 is 2.37. The van der Waals surface area contributed by atoms with Crippen LogP contribution in [0.4, 0.5) is 24.7 Å². The summed E-state index contributed by atoms with van der Waals surface area (Å²) in [5, 5.41) is 3.98. The zero-order valence-electron chi connectivity index (χ0n) is 19.4. The highest BCUT2D eigenvalue weighted by molar-refractivity contribution is 8.00. The summed E-state index contributed by atoms with van der Waals surface area (Å²) in [7, 11) is 1.79. The zero-order chi connectivity index (χ0) is 25.1. The maximum atomic E-state index is 15.8. The Balaban J connectivity index is 1.53. The fourth-order valence-electron chi connectivity index (χ4n) is 4.00. The summed E-state index contributed by atoms with van der Waals surface area (Å²) < 4.78 is 51.7. The van der Waals surface area contributed by atoms with Crippen LogP contribution in [-0.2, 0) is 4.74 Å². The molecule has 10 heteroatoms.